The lowest BCUT2D eigenvalue weighted by atomic mass is 9.86. The summed E-state index contributed by atoms with van der Waals surface area (Å²) >= 11 is 1.17. The lowest BCUT2D eigenvalue weighted by Crippen LogP contribution is -2.32. The molecule has 18 heavy (non-hydrogen) atoms. The zero-order valence-corrected chi connectivity index (χ0v) is 11.5. The summed E-state index contributed by atoms with van der Waals surface area (Å²) in [6.45, 7) is 5.36. The van der Waals surface area contributed by atoms with Crippen LogP contribution in [-0.2, 0) is 6.54 Å². The van der Waals surface area contributed by atoms with Gasteiger partial charge in [-0.05, 0) is 19.4 Å². The molecule has 1 aromatic rings. The van der Waals surface area contributed by atoms with Crippen molar-refractivity contribution in [3.63, 3.8) is 0 Å². The third kappa shape index (κ3) is 4.50. The predicted molar refractivity (Wildman–Crippen MR) is 73.1 cm³/mol. The fraction of sp³-hybridized carbons (Fsp3) is 0.636. The minimum absolute atomic E-state index is 0.0279. The Balaban J connectivity index is 2.21. The van der Waals surface area contributed by atoms with Crippen molar-refractivity contribution in [1.29, 1.82) is 0 Å². The molecule has 1 aromatic heterocycles. The van der Waals surface area contributed by atoms with Gasteiger partial charge >= 0.3 is 4.87 Å². The molecule has 1 heterocycles. The van der Waals surface area contributed by atoms with E-state index >= 15 is 0 Å². The van der Waals surface area contributed by atoms with Crippen molar-refractivity contribution >= 4 is 17.2 Å². The number of rotatable bonds is 7. The Hall–Kier alpha value is -1.34. The molecule has 0 amide bonds. The smallest absolute Gasteiger partial charge is 0.304 e. The highest BCUT2D eigenvalue weighted by Gasteiger charge is 2.22. The number of aromatic amines is 1. The average molecular weight is 272 g/mol. The van der Waals surface area contributed by atoms with Crippen molar-refractivity contribution in [3.8, 4) is 0 Å². The van der Waals surface area contributed by atoms with Crippen molar-refractivity contribution in [2.45, 2.75) is 33.2 Å². The highest BCUT2D eigenvalue weighted by atomic mass is 32.1. The summed E-state index contributed by atoms with van der Waals surface area (Å²) in [5, 5.41) is 16.7. The van der Waals surface area contributed by atoms with E-state index in [9.17, 15) is 4.79 Å². The molecule has 0 radical (unpaired) electrons. The van der Waals surface area contributed by atoms with Crippen molar-refractivity contribution in [2.24, 2.45) is 16.3 Å². The number of nitrogens with two attached hydrogens (primary N) is 1. The van der Waals surface area contributed by atoms with Gasteiger partial charge in [0.15, 0.2) is 0 Å². The zero-order chi connectivity index (χ0) is 13.6. The summed E-state index contributed by atoms with van der Waals surface area (Å²) in [5.41, 5.74) is 6.21. The molecule has 0 spiro atoms. The Labute approximate surface area is 110 Å². The molecular weight excluding hydrogens is 252 g/mol. The van der Waals surface area contributed by atoms with Gasteiger partial charge in [0, 0.05) is 23.0 Å². The minimum Gasteiger partial charge on any atom is -0.409 e. The summed E-state index contributed by atoms with van der Waals surface area (Å²) in [7, 11) is 0. The fourth-order valence-corrected chi connectivity index (χ4v) is 2.12. The number of hydrogen-bond donors (Lipinski definition) is 4. The van der Waals surface area contributed by atoms with Crippen LogP contribution in [-0.4, -0.2) is 22.6 Å². The Bertz CT molecular complexity index is 450. The minimum atomic E-state index is -0.298. The zero-order valence-electron chi connectivity index (χ0n) is 10.7. The van der Waals surface area contributed by atoms with Gasteiger partial charge in [0.25, 0.3) is 0 Å². The van der Waals surface area contributed by atoms with Gasteiger partial charge in [-0.2, -0.15) is 0 Å². The highest BCUT2D eigenvalue weighted by molar-refractivity contribution is 7.07. The van der Waals surface area contributed by atoms with E-state index < -0.39 is 0 Å². The van der Waals surface area contributed by atoms with Crippen LogP contribution >= 0.6 is 11.3 Å². The topological polar surface area (TPSA) is 104 Å². The summed E-state index contributed by atoms with van der Waals surface area (Å²) in [4.78, 5) is 13.6. The highest BCUT2D eigenvalue weighted by Crippen LogP contribution is 2.21. The lowest BCUT2D eigenvalue weighted by Gasteiger charge is -2.22. The molecule has 0 aliphatic heterocycles. The van der Waals surface area contributed by atoms with Crippen LogP contribution in [0.1, 0.15) is 32.4 Å². The first-order valence-electron chi connectivity index (χ1n) is 5.81. The standard InChI is InChI=1S/C11H20N4O2S/c1-11(2,9(12)15-17)4-3-5-13-6-8-7-18-10(16)14-8/h7,13,17H,3-6H2,1-2H3,(H2,12,15)(H,14,16). The predicted octanol–water partition coefficient (Wildman–Crippen LogP) is 1.08. The maximum absolute atomic E-state index is 10.9. The van der Waals surface area contributed by atoms with E-state index in [1.807, 2.05) is 19.2 Å². The number of aromatic nitrogens is 1. The Morgan fingerprint density at radius 1 is 1.67 bits per heavy atom. The first-order valence-corrected chi connectivity index (χ1v) is 6.69. The monoisotopic (exact) mass is 272 g/mol. The van der Waals surface area contributed by atoms with Crippen LogP contribution in [0.15, 0.2) is 15.3 Å². The van der Waals surface area contributed by atoms with Crippen LogP contribution in [0.3, 0.4) is 0 Å². The second-order valence-corrected chi connectivity index (χ2v) is 5.67. The molecule has 1 rings (SSSR count). The van der Waals surface area contributed by atoms with Crippen molar-refractivity contribution in [3.05, 3.63) is 20.7 Å². The number of thiazole rings is 1. The van der Waals surface area contributed by atoms with Gasteiger partial charge in [0.05, 0.1) is 0 Å². The number of nitrogens with zero attached hydrogens (tertiary/aromatic N) is 1. The summed E-state index contributed by atoms with van der Waals surface area (Å²) in [5.74, 6) is 0.254. The molecule has 0 aliphatic carbocycles. The van der Waals surface area contributed by atoms with E-state index in [0.29, 0.717) is 6.54 Å². The van der Waals surface area contributed by atoms with Gasteiger partial charge in [-0.15, -0.1) is 0 Å². The van der Waals surface area contributed by atoms with E-state index in [4.69, 9.17) is 10.9 Å². The van der Waals surface area contributed by atoms with E-state index in [-0.39, 0.29) is 16.1 Å². The van der Waals surface area contributed by atoms with Crippen molar-refractivity contribution in [1.82, 2.24) is 10.3 Å². The van der Waals surface area contributed by atoms with E-state index in [1.165, 1.54) is 11.3 Å². The average Bonchev–Trinajstić information content (AvgIpc) is 2.73. The number of amidine groups is 1. The number of hydrogen-bond acceptors (Lipinski definition) is 5. The SMILES string of the molecule is CC(C)(CCCNCc1csc(=O)[nH]1)C(N)=NO. The van der Waals surface area contributed by atoms with Crippen LogP contribution in [0, 0.1) is 5.41 Å². The first-order chi connectivity index (χ1) is 8.45. The molecule has 0 saturated carbocycles. The van der Waals surface area contributed by atoms with E-state index in [1.54, 1.807) is 0 Å². The second-order valence-electron chi connectivity index (χ2n) is 4.82. The summed E-state index contributed by atoms with van der Waals surface area (Å²) in [6.07, 6.45) is 1.74. The summed E-state index contributed by atoms with van der Waals surface area (Å²) < 4.78 is 0. The molecule has 0 aromatic carbocycles. The summed E-state index contributed by atoms with van der Waals surface area (Å²) in [6, 6.07) is 0. The molecule has 102 valence electrons. The first kappa shape index (κ1) is 14.7. The van der Waals surface area contributed by atoms with Crippen LogP contribution in [0.4, 0.5) is 0 Å². The normalized spacial score (nSPS) is 12.9. The lowest BCUT2D eigenvalue weighted by molar-refractivity contribution is 0.304. The maximum atomic E-state index is 10.9. The quantitative estimate of drug-likeness (QED) is 0.196. The molecular formula is C11H20N4O2S. The fourth-order valence-electron chi connectivity index (χ4n) is 1.54. The molecule has 0 atom stereocenters. The third-order valence-corrected chi connectivity index (χ3v) is 3.56. The molecule has 0 saturated heterocycles. The van der Waals surface area contributed by atoms with Gasteiger partial charge in [0.2, 0.25) is 0 Å². The van der Waals surface area contributed by atoms with Crippen LogP contribution in [0.25, 0.3) is 0 Å². The van der Waals surface area contributed by atoms with Gasteiger partial charge in [-0.3, -0.25) is 4.79 Å². The number of nitrogens with one attached hydrogen (secondary N) is 2. The van der Waals surface area contributed by atoms with Crippen LogP contribution in [0.2, 0.25) is 0 Å². The van der Waals surface area contributed by atoms with Gasteiger partial charge in [-0.1, -0.05) is 30.3 Å². The molecule has 0 unspecified atom stereocenters. The van der Waals surface area contributed by atoms with Crippen LogP contribution in [0.5, 0.6) is 0 Å². The number of oxime groups is 1. The van der Waals surface area contributed by atoms with E-state index in [2.05, 4.69) is 15.5 Å². The maximum Gasteiger partial charge on any atom is 0.304 e. The van der Waals surface area contributed by atoms with Gasteiger partial charge in [-0.25, -0.2) is 0 Å². The molecule has 5 N–H and O–H groups in total. The van der Waals surface area contributed by atoms with E-state index in [0.717, 1.165) is 25.1 Å². The molecule has 6 nitrogen and oxygen atoms in total. The third-order valence-electron chi connectivity index (χ3n) is 2.84. The second kappa shape index (κ2) is 6.55. The van der Waals surface area contributed by atoms with Gasteiger partial charge in [0.1, 0.15) is 5.84 Å². The number of H-pyrrole nitrogens is 1. The Kier molecular flexibility index (Phi) is 5.36. The Morgan fingerprint density at radius 3 is 2.94 bits per heavy atom. The molecule has 0 bridgehead atoms. The Morgan fingerprint density at radius 2 is 2.39 bits per heavy atom. The largest absolute Gasteiger partial charge is 0.409 e. The van der Waals surface area contributed by atoms with Crippen LogP contribution < -0.4 is 15.9 Å². The molecule has 0 aliphatic rings. The molecule has 7 heteroatoms. The molecule has 0 fully saturated rings. The van der Waals surface area contributed by atoms with Crippen molar-refractivity contribution < 1.29 is 5.21 Å². The van der Waals surface area contributed by atoms with Gasteiger partial charge < -0.3 is 21.2 Å². The van der Waals surface area contributed by atoms with Crippen molar-refractivity contribution in [2.75, 3.05) is 6.54 Å².